The Labute approximate surface area is 147 Å². The van der Waals surface area contributed by atoms with Gasteiger partial charge in [-0.15, -0.1) is 11.3 Å². The number of thiophene rings is 1. The molecule has 0 aromatic carbocycles. The summed E-state index contributed by atoms with van der Waals surface area (Å²) in [7, 11) is -3.46. The quantitative estimate of drug-likeness (QED) is 0.856. The third-order valence-electron chi connectivity index (χ3n) is 4.19. The molecule has 23 heavy (non-hydrogen) atoms. The van der Waals surface area contributed by atoms with E-state index in [0.29, 0.717) is 30.3 Å². The van der Waals surface area contributed by atoms with Crippen LogP contribution in [0.3, 0.4) is 0 Å². The number of nitrogens with one attached hydrogen (secondary N) is 1. The Hall–Kier alpha value is -0.630. The molecule has 1 aromatic rings. The van der Waals surface area contributed by atoms with Crippen molar-refractivity contribution in [1.29, 1.82) is 0 Å². The second kappa shape index (κ2) is 7.51. The van der Waals surface area contributed by atoms with Crippen LogP contribution in [0.25, 0.3) is 0 Å². The van der Waals surface area contributed by atoms with E-state index < -0.39 is 10.0 Å². The minimum Gasteiger partial charge on any atom is -0.354 e. The summed E-state index contributed by atoms with van der Waals surface area (Å²) in [6, 6.07) is 3.27. The zero-order valence-corrected chi connectivity index (χ0v) is 16.0. The number of carbonyl (C=O) groups excluding carboxylic acids is 1. The average molecular weight is 379 g/mol. The van der Waals surface area contributed by atoms with Crippen LogP contribution in [0.4, 0.5) is 0 Å². The van der Waals surface area contributed by atoms with Crippen LogP contribution in [0.15, 0.2) is 16.3 Å². The van der Waals surface area contributed by atoms with Gasteiger partial charge in [0.05, 0.1) is 4.34 Å². The fourth-order valence-electron chi connectivity index (χ4n) is 2.81. The van der Waals surface area contributed by atoms with Gasteiger partial charge in [-0.05, 0) is 44.7 Å². The van der Waals surface area contributed by atoms with Gasteiger partial charge in [0.2, 0.25) is 5.91 Å². The zero-order chi connectivity index (χ0) is 17.2. The number of carbonyl (C=O) groups is 1. The Kier molecular flexibility index (Phi) is 6.10. The van der Waals surface area contributed by atoms with E-state index in [1.54, 1.807) is 12.1 Å². The smallest absolute Gasteiger partial charge is 0.252 e. The topological polar surface area (TPSA) is 66.5 Å². The van der Waals surface area contributed by atoms with E-state index in [0.717, 1.165) is 11.3 Å². The Balaban J connectivity index is 1.97. The molecule has 1 atom stereocenters. The van der Waals surface area contributed by atoms with E-state index in [4.69, 9.17) is 11.6 Å². The summed E-state index contributed by atoms with van der Waals surface area (Å²) in [5.41, 5.74) is 0. The Morgan fingerprint density at radius 1 is 1.30 bits per heavy atom. The highest BCUT2D eigenvalue weighted by Gasteiger charge is 2.34. The summed E-state index contributed by atoms with van der Waals surface area (Å²) in [6.45, 7) is 6.69. The van der Waals surface area contributed by atoms with E-state index in [1.165, 1.54) is 4.31 Å². The molecular weight excluding hydrogens is 356 g/mol. The Morgan fingerprint density at radius 3 is 2.39 bits per heavy atom. The molecule has 1 aromatic heterocycles. The van der Waals surface area contributed by atoms with Crippen molar-refractivity contribution in [3.63, 3.8) is 0 Å². The van der Waals surface area contributed by atoms with Crippen LogP contribution >= 0.6 is 22.9 Å². The highest BCUT2D eigenvalue weighted by atomic mass is 35.5. The highest BCUT2D eigenvalue weighted by molar-refractivity contribution is 7.91. The lowest BCUT2D eigenvalue weighted by Crippen LogP contribution is -2.43. The van der Waals surface area contributed by atoms with Gasteiger partial charge in [0.25, 0.3) is 10.0 Å². The normalized spacial score (nSPS) is 19.0. The van der Waals surface area contributed by atoms with Crippen LogP contribution in [0, 0.1) is 11.8 Å². The van der Waals surface area contributed by atoms with Gasteiger partial charge in [0.15, 0.2) is 0 Å². The maximum atomic E-state index is 12.6. The van der Waals surface area contributed by atoms with Crippen molar-refractivity contribution in [3.8, 4) is 0 Å². The lowest BCUT2D eigenvalue weighted by atomic mass is 9.85. The van der Waals surface area contributed by atoms with Crippen molar-refractivity contribution in [2.75, 3.05) is 13.1 Å². The largest absolute Gasteiger partial charge is 0.354 e. The molecule has 5 nitrogen and oxygen atoms in total. The molecular formula is C15H23ClN2O3S2. The van der Waals surface area contributed by atoms with Crippen molar-refractivity contribution < 1.29 is 13.2 Å². The lowest BCUT2D eigenvalue weighted by molar-refractivity contribution is -0.127. The van der Waals surface area contributed by atoms with Gasteiger partial charge < -0.3 is 5.32 Å². The number of amides is 1. The van der Waals surface area contributed by atoms with E-state index in [-0.39, 0.29) is 28.0 Å². The van der Waals surface area contributed by atoms with E-state index in [2.05, 4.69) is 5.32 Å². The molecule has 1 N–H and O–H groups in total. The van der Waals surface area contributed by atoms with Gasteiger partial charge in [-0.1, -0.05) is 18.5 Å². The van der Waals surface area contributed by atoms with Gasteiger partial charge >= 0.3 is 0 Å². The van der Waals surface area contributed by atoms with Crippen molar-refractivity contribution in [3.05, 3.63) is 16.5 Å². The predicted molar refractivity (Wildman–Crippen MR) is 93.3 cm³/mol. The Morgan fingerprint density at radius 2 is 1.91 bits per heavy atom. The first kappa shape index (κ1) is 18.7. The monoisotopic (exact) mass is 378 g/mol. The second-order valence-corrected chi connectivity index (χ2v) is 10.1. The highest BCUT2D eigenvalue weighted by Crippen LogP contribution is 2.32. The fourth-order valence-corrected chi connectivity index (χ4v) is 5.92. The van der Waals surface area contributed by atoms with Gasteiger partial charge in [0.1, 0.15) is 4.21 Å². The third-order valence-corrected chi connectivity index (χ3v) is 7.79. The molecule has 130 valence electrons. The fraction of sp³-hybridized carbons (Fsp3) is 0.667. The molecule has 0 spiro atoms. The number of hydrogen-bond acceptors (Lipinski definition) is 4. The van der Waals surface area contributed by atoms with Gasteiger partial charge in [0, 0.05) is 25.0 Å². The number of piperidine rings is 1. The van der Waals surface area contributed by atoms with Crippen LogP contribution in [0.2, 0.25) is 4.34 Å². The Bertz CT molecular complexity index is 649. The second-order valence-electron chi connectivity index (χ2n) is 6.25. The minimum absolute atomic E-state index is 0.0475. The number of hydrogen-bond donors (Lipinski definition) is 1. The van der Waals surface area contributed by atoms with Crippen molar-refractivity contribution in [1.82, 2.24) is 9.62 Å². The molecule has 1 saturated heterocycles. The predicted octanol–water partition coefficient (Wildman–Crippen LogP) is 2.96. The number of rotatable bonds is 5. The third kappa shape index (κ3) is 4.47. The SMILES string of the molecule is CC(C)NC(=O)C(C)C1CCN(S(=O)(=O)c2ccc(Cl)s2)CC1. The molecule has 0 aliphatic carbocycles. The molecule has 2 rings (SSSR count). The molecule has 2 heterocycles. The van der Waals surface area contributed by atoms with Crippen LogP contribution in [0.5, 0.6) is 0 Å². The summed E-state index contributed by atoms with van der Waals surface area (Å²) in [6.07, 6.45) is 1.40. The van der Waals surface area contributed by atoms with Crippen molar-refractivity contribution in [2.24, 2.45) is 11.8 Å². The number of halogens is 1. The maximum Gasteiger partial charge on any atom is 0.252 e. The summed E-state index contributed by atoms with van der Waals surface area (Å²) in [5.74, 6) is 0.164. The van der Waals surface area contributed by atoms with E-state index in [1.807, 2.05) is 20.8 Å². The number of nitrogens with zero attached hydrogens (tertiary/aromatic N) is 1. The number of sulfonamides is 1. The summed E-state index contributed by atoms with van der Waals surface area (Å²) >= 11 is 6.92. The first-order valence-electron chi connectivity index (χ1n) is 7.77. The molecule has 1 fully saturated rings. The van der Waals surface area contributed by atoms with E-state index >= 15 is 0 Å². The van der Waals surface area contributed by atoms with Crippen LogP contribution in [-0.4, -0.2) is 37.8 Å². The van der Waals surface area contributed by atoms with Crippen LogP contribution in [-0.2, 0) is 14.8 Å². The van der Waals surface area contributed by atoms with Gasteiger partial charge in [-0.25, -0.2) is 8.42 Å². The average Bonchev–Trinajstić information content (AvgIpc) is 2.93. The molecule has 1 amide bonds. The first-order valence-corrected chi connectivity index (χ1v) is 10.4. The molecule has 0 bridgehead atoms. The van der Waals surface area contributed by atoms with Gasteiger partial charge in [-0.2, -0.15) is 4.31 Å². The van der Waals surface area contributed by atoms with Crippen molar-refractivity contribution >= 4 is 38.9 Å². The minimum atomic E-state index is -3.46. The summed E-state index contributed by atoms with van der Waals surface area (Å²) < 4.78 is 27.4. The molecule has 0 radical (unpaired) electrons. The summed E-state index contributed by atoms with van der Waals surface area (Å²) in [4.78, 5) is 12.1. The first-order chi connectivity index (χ1) is 10.7. The van der Waals surface area contributed by atoms with E-state index in [9.17, 15) is 13.2 Å². The maximum absolute atomic E-state index is 12.6. The molecule has 1 aliphatic rings. The van der Waals surface area contributed by atoms with Gasteiger partial charge in [-0.3, -0.25) is 4.79 Å². The lowest BCUT2D eigenvalue weighted by Gasteiger charge is -2.33. The molecule has 1 unspecified atom stereocenters. The molecule has 8 heteroatoms. The van der Waals surface area contributed by atoms with Crippen molar-refractivity contribution in [2.45, 2.75) is 43.9 Å². The molecule has 0 saturated carbocycles. The standard InChI is InChI=1S/C15H23ClN2O3S2/c1-10(2)17-15(19)11(3)12-6-8-18(9-7-12)23(20,21)14-5-4-13(16)22-14/h4-5,10-12H,6-9H2,1-3H3,(H,17,19). The summed E-state index contributed by atoms with van der Waals surface area (Å²) in [5, 5.41) is 2.93. The van der Waals surface area contributed by atoms with Crippen LogP contribution in [0.1, 0.15) is 33.6 Å². The van der Waals surface area contributed by atoms with Crippen LogP contribution < -0.4 is 5.32 Å². The molecule has 1 aliphatic heterocycles. The zero-order valence-electron chi connectivity index (χ0n) is 13.6.